The van der Waals surface area contributed by atoms with Crippen LogP contribution in [0.1, 0.15) is 61.8 Å². The van der Waals surface area contributed by atoms with E-state index in [-0.39, 0.29) is 22.7 Å². The van der Waals surface area contributed by atoms with Crippen LogP contribution < -0.4 is 21.3 Å². The van der Waals surface area contributed by atoms with Crippen molar-refractivity contribution in [3.8, 4) is 0 Å². The fourth-order valence-electron chi connectivity index (χ4n) is 16.4. The van der Waals surface area contributed by atoms with Crippen molar-refractivity contribution in [1.29, 1.82) is 0 Å². The number of fused-ring (bicyclic) bond motifs is 4. The van der Waals surface area contributed by atoms with Gasteiger partial charge in [-0.3, -0.25) is 90.7 Å². The molecule has 0 bridgehead atoms. The quantitative estimate of drug-likeness (QED) is 0.0262. The number of anilines is 4. The molecule has 13 rings (SSSR count). The molecule has 25 atom stereocenters. The van der Waals surface area contributed by atoms with Gasteiger partial charge >= 0.3 is 0 Å². The van der Waals surface area contributed by atoms with Gasteiger partial charge in [0.25, 0.3) is 45.5 Å². The molecule has 0 radical (unpaired) electrons. The predicted molar refractivity (Wildman–Crippen MR) is 381 cm³/mol. The number of aliphatic hydroxyl groups is 7. The summed E-state index contributed by atoms with van der Waals surface area (Å²) in [5, 5.41) is 200. The number of aliphatic hydroxyl groups excluding tert-OH is 7. The Balaban J connectivity index is 0.904. The maximum absolute atomic E-state index is 13.0. The average molecular weight is 1630 g/mol. The monoisotopic (exact) mass is 1630 g/mol. The Kier molecular flexibility index (Phi) is 22.8. The van der Waals surface area contributed by atoms with Crippen molar-refractivity contribution in [2.75, 3.05) is 47.4 Å². The maximum atomic E-state index is 13.0. The van der Waals surface area contributed by atoms with E-state index < -0.39 is 294 Å². The number of hydrogen-bond donors (Lipinski definition) is 11. The highest BCUT2D eigenvalue weighted by molar-refractivity contribution is 5.69. The van der Waals surface area contributed by atoms with E-state index in [1.807, 2.05) is 0 Å². The van der Waals surface area contributed by atoms with Crippen molar-refractivity contribution in [3.05, 3.63) is 154 Å². The summed E-state index contributed by atoms with van der Waals surface area (Å²) >= 11 is 0. The second-order valence-corrected chi connectivity index (χ2v) is 30.8. The highest BCUT2D eigenvalue weighted by Gasteiger charge is 2.63. The Morgan fingerprint density at radius 1 is 0.348 bits per heavy atom. The standard InChI is InChI=1S/C66H82N14O35/c1-63(2)108-55-44(67-30-13-9-26(73(88)89)17-34(30)77(96)97)51(104-59(55)112-63)40(81)22-71(23-41(82)52-45(56-60(105-52)113-64(3,4)109-56)68-31-14-10-27(74(90)91)18-35(31)78(98)99)38-21-39(49(86)50(87)48(38)85)72(24-42(83)53-46(57-61(106-53)114-65(5,6)110-57)69-32-15-11-28(75(92)93)19-36(32)79(100)101)25-43(84)54-47(58-62(107-54)115-66(7,8)111-58)70-33-16-12-29(76(94)95)20-37(33)80(102)103/h9-20,38-62,67-70,81-87H,21-25H2,1-8H3/t38-,39+,40+,41?,42?,43?,44-,45-,46-,47-,48+,49-,50?,51?,52+,53+,54+,55+,56+,57+,58+,59+,60+,61+,62+/m0/s1. The van der Waals surface area contributed by atoms with E-state index in [4.69, 9.17) is 56.8 Å². The maximum Gasteiger partial charge on any atom is 0.299 e. The van der Waals surface area contributed by atoms with Crippen LogP contribution in [0.15, 0.2) is 72.8 Å². The van der Waals surface area contributed by atoms with Crippen molar-refractivity contribution < 1.29 is 132 Å². The fourth-order valence-corrected chi connectivity index (χ4v) is 16.4. The van der Waals surface area contributed by atoms with Crippen molar-refractivity contribution in [2.24, 2.45) is 0 Å². The molecule has 49 heteroatoms. The molecular formula is C66H82N14O35. The molecule has 0 amide bonds. The summed E-state index contributed by atoms with van der Waals surface area (Å²) in [5.74, 6) is -5.74. The van der Waals surface area contributed by atoms with Crippen molar-refractivity contribution >= 4 is 68.2 Å². The largest absolute Gasteiger partial charge is 0.389 e. The first-order chi connectivity index (χ1) is 53.9. The number of nitro benzene ring substituents is 8. The van der Waals surface area contributed by atoms with E-state index in [1.54, 1.807) is 0 Å². The molecule has 626 valence electrons. The zero-order valence-electron chi connectivity index (χ0n) is 61.9. The molecule has 11 N–H and O–H groups in total. The minimum absolute atomic E-state index is 0.354. The Labute approximate surface area is 647 Å². The number of hydrogen-bond acceptors (Lipinski definition) is 41. The van der Waals surface area contributed by atoms with Crippen molar-refractivity contribution in [3.63, 3.8) is 0 Å². The van der Waals surface area contributed by atoms with Gasteiger partial charge < -0.3 is 114 Å². The van der Waals surface area contributed by atoms with E-state index in [1.165, 1.54) is 65.2 Å². The molecule has 0 aromatic heterocycles. The summed E-state index contributed by atoms with van der Waals surface area (Å²) in [6, 6.07) is 1.30. The molecule has 8 heterocycles. The molecule has 9 aliphatic rings. The molecule has 4 aromatic carbocycles. The van der Waals surface area contributed by atoms with Gasteiger partial charge in [-0.1, -0.05) is 0 Å². The molecule has 1 aliphatic carbocycles. The van der Waals surface area contributed by atoms with Gasteiger partial charge in [0.1, 0.15) is 77.7 Å². The summed E-state index contributed by atoms with van der Waals surface area (Å²) in [6.45, 7) is 8.50. The van der Waals surface area contributed by atoms with Gasteiger partial charge in [-0.05, 0) is 86.1 Å². The van der Waals surface area contributed by atoms with Gasteiger partial charge in [0.15, 0.2) is 48.3 Å². The first-order valence-corrected chi connectivity index (χ1v) is 35.9. The highest BCUT2D eigenvalue weighted by Crippen LogP contribution is 2.48. The van der Waals surface area contributed by atoms with Crippen LogP contribution in [0.5, 0.6) is 0 Å². The van der Waals surface area contributed by atoms with Crippen LogP contribution in [-0.4, -0.2) is 287 Å². The first kappa shape index (κ1) is 83.4. The number of nitrogens with one attached hydrogen (secondary N) is 4. The lowest BCUT2D eigenvalue weighted by Crippen LogP contribution is -2.68. The molecule has 8 aliphatic heterocycles. The van der Waals surface area contributed by atoms with Crippen molar-refractivity contribution in [2.45, 2.75) is 238 Å². The zero-order valence-corrected chi connectivity index (χ0v) is 61.9. The van der Waals surface area contributed by atoms with Crippen LogP contribution in [-0.2, 0) is 56.8 Å². The summed E-state index contributed by atoms with van der Waals surface area (Å²) in [6.07, 6.45) is -33.0. The average Bonchev–Trinajstić information content (AvgIpc) is 1.61. The van der Waals surface area contributed by atoms with Gasteiger partial charge in [-0.25, -0.2) is 0 Å². The molecule has 9 fully saturated rings. The Hall–Kier alpha value is -9.56. The lowest BCUT2D eigenvalue weighted by atomic mass is 9.81. The van der Waals surface area contributed by atoms with Gasteiger partial charge in [-0.2, -0.15) is 0 Å². The second kappa shape index (κ2) is 31.5. The SMILES string of the molecule is CC1(C)O[C@H]2O[C@H](C(O)CN(CC(O)[C@H]3O[C@@H]4OC(C)(C)O[C@@H]4[C@H]3Nc3ccc([N+](=O)[O-])cc3[N+](=O)[O-])[C@@H]3C[C@H](N(CC(O)[C@H]4O[C@@H]5OC(C)(C)O[C@@H]5[C@H]4Nc4ccc([N+](=O)[O-])cc4[N+](=O)[O-])C[C@@H](O)C4O[C@@H]5OC(C)(C)O[C@@H]5[C@H]4Nc4ccc([N+](=O)[O-])cc4[N+](=O)[O-])[C@@H](O)C(O)[C@H]3O)[C@H](Nc3ccc([N+](=O)[O-])cc3[N+](=O)[O-])[C@H]2O1. The number of benzene rings is 4. The topological polar surface area (TPSA) is 652 Å². The Morgan fingerprint density at radius 3 is 0.748 bits per heavy atom. The molecule has 49 nitrogen and oxygen atoms in total. The summed E-state index contributed by atoms with van der Waals surface area (Å²) in [5.41, 5.74) is -7.43. The van der Waals surface area contributed by atoms with Crippen LogP contribution in [0, 0.1) is 80.9 Å². The van der Waals surface area contributed by atoms with Crippen LogP contribution in [0.25, 0.3) is 0 Å². The van der Waals surface area contributed by atoms with E-state index in [0.29, 0.717) is 24.3 Å². The van der Waals surface area contributed by atoms with Crippen LogP contribution in [0.3, 0.4) is 0 Å². The minimum Gasteiger partial charge on any atom is -0.389 e. The third-order valence-electron chi connectivity index (χ3n) is 21.3. The number of nitrogens with zero attached hydrogens (tertiary/aromatic N) is 10. The van der Waals surface area contributed by atoms with E-state index in [0.717, 1.165) is 48.5 Å². The normalized spacial score (nSPS) is 33.5. The fraction of sp³-hybridized carbons (Fsp3) is 0.636. The smallest absolute Gasteiger partial charge is 0.299 e. The molecule has 115 heavy (non-hydrogen) atoms. The number of rotatable bonds is 30. The van der Waals surface area contributed by atoms with E-state index in [2.05, 4.69) is 21.3 Å². The molecule has 5 unspecified atom stereocenters. The summed E-state index contributed by atoms with van der Waals surface area (Å²) in [4.78, 5) is 93.4. The Bertz CT molecular complexity index is 3930. The zero-order chi connectivity index (χ0) is 83.5. The summed E-state index contributed by atoms with van der Waals surface area (Å²) < 4.78 is 74.7. The number of non-ortho nitro benzene ring substituents is 4. The molecular weight excluding hydrogens is 1550 g/mol. The lowest BCUT2D eigenvalue weighted by molar-refractivity contribution is -0.393. The lowest BCUT2D eigenvalue weighted by Gasteiger charge is -2.50. The first-order valence-electron chi connectivity index (χ1n) is 35.9. The number of nitro groups is 8. The Morgan fingerprint density at radius 2 is 0.557 bits per heavy atom. The van der Waals surface area contributed by atoms with Crippen LogP contribution in [0.4, 0.5) is 68.2 Å². The van der Waals surface area contributed by atoms with Gasteiger partial charge in [-0.15, -0.1) is 0 Å². The van der Waals surface area contributed by atoms with Crippen LogP contribution in [0.2, 0.25) is 0 Å². The molecule has 0 spiro atoms. The van der Waals surface area contributed by atoms with Gasteiger partial charge in [0, 0.05) is 62.5 Å². The minimum atomic E-state index is -2.37. The van der Waals surface area contributed by atoms with Crippen LogP contribution >= 0.6 is 0 Å². The molecule has 1 saturated carbocycles. The van der Waals surface area contributed by atoms with Crippen molar-refractivity contribution in [1.82, 2.24) is 9.80 Å². The van der Waals surface area contributed by atoms with Gasteiger partial charge in [0.2, 0.25) is 0 Å². The third kappa shape index (κ3) is 16.9. The molecule has 8 saturated heterocycles. The third-order valence-corrected chi connectivity index (χ3v) is 21.3. The molecule has 4 aromatic rings. The van der Waals surface area contributed by atoms with E-state index in [9.17, 15) is 117 Å². The highest BCUT2D eigenvalue weighted by atomic mass is 16.9. The van der Waals surface area contributed by atoms with Gasteiger partial charge in [0.05, 0.1) is 124 Å². The predicted octanol–water partition coefficient (Wildman–Crippen LogP) is 1.95. The van der Waals surface area contributed by atoms with E-state index >= 15 is 0 Å². The number of ether oxygens (including phenoxy) is 12. The summed E-state index contributed by atoms with van der Waals surface area (Å²) in [7, 11) is 0. The second-order valence-electron chi connectivity index (χ2n) is 30.8.